The molecule has 2 fully saturated rings. The van der Waals surface area contributed by atoms with E-state index >= 15 is 0 Å². The van der Waals surface area contributed by atoms with E-state index in [1.54, 1.807) is 0 Å². The number of nitrogens with two attached hydrogens (primary N) is 1. The van der Waals surface area contributed by atoms with Crippen LogP contribution in [0.25, 0.3) is 11.3 Å². The summed E-state index contributed by atoms with van der Waals surface area (Å²) < 4.78 is 0. The van der Waals surface area contributed by atoms with Crippen LogP contribution in [0.2, 0.25) is 0 Å². The fourth-order valence-corrected chi connectivity index (χ4v) is 5.56. The fourth-order valence-electron chi connectivity index (χ4n) is 5.56. The molecule has 1 aromatic heterocycles. The summed E-state index contributed by atoms with van der Waals surface area (Å²) in [6.07, 6.45) is 6.11. The van der Waals surface area contributed by atoms with E-state index in [4.69, 9.17) is 15.7 Å². The maximum atomic E-state index is 11.9. The average molecular weight is 408 g/mol. The van der Waals surface area contributed by atoms with Gasteiger partial charge in [-0.05, 0) is 43.6 Å². The Kier molecular flexibility index (Phi) is 4.75. The highest BCUT2D eigenvalue weighted by atomic mass is 16.3. The molecule has 0 unspecified atom stereocenters. The number of para-hydroxylation sites is 1. The van der Waals surface area contributed by atoms with Gasteiger partial charge < -0.3 is 21.1 Å². The molecule has 2 aliphatic heterocycles. The van der Waals surface area contributed by atoms with Crippen LogP contribution in [0.1, 0.15) is 49.1 Å². The minimum atomic E-state index is -0.168. The van der Waals surface area contributed by atoms with Crippen molar-refractivity contribution in [3.63, 3.8) is 0 Å². The van der Waals surface area contributed by atoms with Crippen molar-refractivity contribution in [2.24, 2.45) is 11.1 Å². The second-order valence-electron chi connectivity index (χ2n) is 9.00. The zero-order chi connectivity index (χ0) is 20.9. The van der Waals surface area contributed by atoms with Gasteiger partial charge in [-0.1, -0.05) is 24.6 Å². The van der Waals surface area contributed by atoms with E-state index < -0.39 is 0 Å². The molecule has 4 N–H and O–H groups in total. The van der Waals surface area contributed by atoms with E-state index in [9.17, 15) is 9.90 Å². The van der Waals surface area contributed by atoms with Crippen LogP contribution >= 0.6 is 0 Å². The number of carbonyl (C=O) groups is 1. The van der Waals surface area contributed by atoms with Gasteiger partial charge in [0.15, 0.2) is 5.82 Å². The second-order valence-corrected chi connectivity index (χ2v) is 9.00. The molecule has 7 heteroatoms. The van der Waals surface area contributed by atoms with E-state index in [0.29, 0.717) is 23.9 Å². The normalized spacial score (nSPS) is 22.4. The maximum Gasteiger partial charge on any atom is 0.228 e. The number of aliphatic hydroxyl groups excluding tert-OH is 1. The lowest BCUT2D eigenvalue weighted by Crippen LogP contribution is -2.47. The smallest absolute Gasteiger partial charge is 0.228 e. The molecule has 3 aliphatic rings. The zero-order valence-electron chi connectivity index (χ0n) is 17.4. The van der Waals surface area contributed by atoms with Crippen LogP contribution in [-0.2, 0) is 17.8 Å². The minimum absolute atomic E-state index is 0.00516. The Morgan fingerprint density at radius 1 is 1.27 bits per heavy atom. The van der Waals surface area contributed by atoms with Crippen molar-refractivity contribution in [2.45, 2.75) is 58.1 Å². The van der Waals surface area contributed by atoms with Crippen molar-refractivity contribution in [2.75, 3.05) is 23.3 Å². The molecule has 1 saturated heterocycles. The summed E-state index contributed by atoms with van der Waals surface area (Å²) in [4.78, 5) is 23.8. The van der Waals surface area contributed by atoms with Crippen molar-refractivity contribution in [1.29, 1.82) is 0 Å². The Morgan fingerprint density at radius 3 is 2.77 bits per heavy atom. The molecule has 0 radical (unpaired) electrons. The van der Waals surface area contributed by atoms with Crippen LogP contribution in [-0.4, -0.2) is 40.1 Å². The molecular formula is C23H29N5O2. The first-order chi connectivity index (χ1) is 14.5. The van der Waals surface area contributed by atoms with Crippen LogP contribution in [0.3, 0.4) is 0 Å². The Labute approximate surface area is 176 Å². The third-order valence-corrected chi connectivity index (χ3v) is 7.33. The molecule has 30 heavy (non-hydrogen) atoms. The number of anilines is 2. The van der Waals surface area contributed by atoms with E-state index in [1.165, 1.54) is 12.8 Å². The number of aryl methyl sites for hydroxylation is 1. The number of nitrogens with one attached hydrogen (secondary N) is 1. The van der Waals surface area contributed by atoms with Gasteiger partial charge in [0.2, 0.25) is 5.91 Å². The number of piperidine rings is 1. The molecule has 1 amide bonds. The van der Waals surface area contributed by atoms with Crippen molar-refractivity contribution < 1.29 is 9.90 Å². The lowest BCUT2D eigenvalue weighted by Gasteiger charge is -2.42. The molecule has 1 spiro atoms. The van der Waals surface area contributed by atoms with Gasteiger partial charge >= 0.3 is 0 Å². The zero-order valence-corrected chi connectivity index (χ0v) is 17.4. The third kappa shape index (κ3) is 3.08. The predicted octanol–water partition coefficient (Wildman–Crippen LogP) is 2.54. The Bertz CT molecular complexity index is 997. The van der Waals surface area contributed by atoms with Crippen LogP contribution in [0, 0.1) is 12.3 Å². The van der Waals surface area contributed by atoms with Crippen molar-refractivity contribution >= 4 is 17.4 Å². The number of hydrogen-bond donors (Lipinski definition) is 3. The number of nitrogens with zero attached hydrogens (tertiary/aromatic N) is 3. The quantitative estimate of drug-likeness (QED) is 0.722. The molecule has 5 rings (SSSR count). The number of aromatic nitrogens is 2. The minimum Gasteiger partial charge on any atom is -0.390 e. The molecule has 1 aromatic carbocycles. The number of benzene rings is 1. The molecule has 1 aliphatic carbocycles. The molecule has 1 saturated carbocycles. The van der Waals surface area contributed by atoms with E-state index in [1.807, 2.05) is 25.1 Å². The molecule has 3 heterocycles. The standard InChI is InChI=1S/C23H29N5O2/c1-14-20(16-5-2-4-15-12-19(30)27-21(15)16)26-17(13-29)22(25-14)28-10-8-23(9-11-28)7-3-6-18(23)24/h2,4-5,18,29H,3,6-13,24H2,1H3,(H,27,30)/t18-/m1/s1. The Hall–Kier alpha value is -2.51. The summed E-state index contributed by atoms with van der Waals surface area (Å²) >= 11 is 0. The monoisotopic (exact) mass is 407 g/mol. The molecule has 1 atom stereocenters. The van der Waals surface area contributed by atoms with Gasteiger partial charge in [0.1, 0.15) is 5.69 Å². The van der Waals surface area contributed by atoms with Crippen molar-refractivity contribution in [1.82, 2.24) is 9.97 Å². The highest BCUT2D eigenvalue weighted by Crippen LogP contribution is 2.46. The topological polar surface area (TPSA) is 104 Å². The fraction of sp³-hybridized carbons (Fsp3) is 0.522. The van der Waals surface area contributed by atoms with Crippen molar-refractivity contribution in [3.8, 4) is 11.3 Å². The first-order valence-electron chi connectivity index (χ1n) is 10.9. The van der Waals surface area contributed by atoms with Gasteiger partial charge in [-0.2, -0.15) is 0 Å². The summed E-state index contributed by atoms with van der Waals surface area (Å²) in [5, 5.41) is 13.0. The van der Waals surface area contributed by atoms with Crippen molar-refractivity contribution in [3.05, 3.63) is 35.2 Å². The third-order valence-electron chi connectivity index (χ3n) is 7.33. The Morgan fingerprint density at radius 2 is 2.07 bits per heavy atom. The lowest BCUT2D eigenvalue weighted by atomic mass is 9.74. The van der Waals surface area contributed by atoms with Gasteiger partial charge in [-0.3, -0.25) is 4.79 Å². The maximum absolute atomic E-state index is 11.9. The number of amides is 1. The summed E-state index contributed by atoms with van der Waals surface area (Å²) in [5.41, 5.74) is 11.5. The van der Waals surface area contributed by atoms with E-state index in [2.05, 4.69) is 10.2 Å². The van der Waals surface area contributed by atoms with Gasteiger partial charge in [0.25, 0.3) is 0 Å². The largest absolute Gasteiger partial charge is 0.390 e. The summed E-state index contributed by atoms with van der Waals surface area (Å²) in [5.74, 6) is 0.770. The number of hydrogen-bond acceptors (Lipinski definition) is 6. The summed E-state index contributed by atoms with van der Waals surface area (Å²) in [7, 11) is 0. The molecule has 0 bridgehead atoms. The van der Waals surface area contributed by atoms with E-state index in [-0.39, 0.29) is 17.9 Å². The lowest BCUT2D eigenvalue weighted by molar-refractivity contribution is -0.115. The number of fused-ring (bicyclic) bond motifs is 1. The van der Waals surface area contributed by atoms with Crippen LogP contribution in [0.5, 0.6) is 0 Å². The molecule has 7 nitrogen and oxygen atoms in total. The molecule has 158 valence electrons. The first kappa shape index (κ1) is 19.5. The highest BCUT2D eigenvalue weighted by molar-refractivity contribution is 6.03. The summed E-state index contributed by atoms with van der Waals surface area (Å²) in [6.45, 7) is 3.57. The van der Waals surface area contributed by atoms with Crippen LogP contribution < -0.4 is 16.0 Å². The summed E-state index contributed by atoms with van der Waals surface area (Å²) in [6, 6.07) is 6.16. The number of carbonyl (C=O) groups excluding carboxylic acids is 1. The first-order valence-corrected chi connectivity index (χ1v) is 10.9. The molecule has 2 aromatic rings. The molecular weight excluding hydrogens is 378 g/mol. The van der Waals surface area contributed by atoms with Gasteiger partial charge in [-0.15, -0.1) is 0 Å². The average Bonchev–Trinajstić information content (AvgIpc) is 3.30. The van der Waals surface area contributed by atoms with Gasteiger partial charge in [0, 0.05) is 24.7 Å². The van der Waals surface area contributed by atoms with Gasteiger partial charge in [-0.25, -0.2) is 9.97 Å². The second kappa shape index (κ2) is 7.32. The van der Waals surface area contributed by atoms with Crippen LogP contribution in [0.4, 0.5) is 11.5 Å². The van der Waals surface area contributed by atoms with Crippen LogP contribution in [0.15, 0.2) is 18.2 Å². The highest BCUT2D eigenvalue weighted by Gasteiger charge is 2.43. The van der Waals surface area contributed by atoms with E-state index in [0.717, 1.165) is 60.7 Å². The van der Waals surface area contributed by atoms with Gasteiger partial charge in [0.05, 0.1) is 30.1 Å². The number of aliphatic hydroxyl groups is 1. The predicted molar refractivity (Wildman–Crippen MR) is 116 cm³/mol. The SMILES string of the molecule is Cc1nc(N2CCC3(CCC[C@H]3N)CC2)c(CO)nc1-c1cccc2c1NC(=O)C2. The Balaban J connectivity index is 1.46. The number of rotatable bonds is 3.